The largest absolute Gasteiger partial charge is 0.348 e. The highest BCUT2D eigenvalue weighted by molar-refractivity contribution is 5.85. The Hall–Kier alpha value is -1.44. The van der Waals surface area contributed by atoms with Crippen molar-refractivity contribution in [1.29, 1.82) is 0 Å². The van der Waals surface area contributed by atoms with E-state index in [-0.39, 0.29) is 37.4 Å². The van der Waals surface area contributed by atoms with Gasteiger partial charge in [0.2, 0.25) is 5.91 Å². The third kappa shape index (κ3) is 4.59. The van der Waals surface area contributed by atoms with Crippen molar-refractivity contribution in [2.24, 2.45) is 0 Å². The zero-order valence-electron chi connectivity index (χ0n) is 14.0. The van der Waals surface area contributed by atoms with E-state index < -0.39 is 30.8 Å². The van der Waals surface area contributed by atoms with Crippen molar-refractivity contribution in [2.75, 3.05) is 6.54 Å². The van der Waals surface area contributed by atoms with Crippen molar-refractivity contribution in [3.63, 3.8) is 0 Å². The molecule has 9 heteroatoms. The zero-order valence-corrected chi connectivity index (χ0v) is 15.6. The zero-order chi connectivity index (χ0) is 16.6. The van der Waals surface area contributed by atoms with E-state index in [0.717, 1.165) is 16.9 Å². The molecule has 1 aromatic heterocycles. The normalized spacial score (nSPS) is 18.7. The molecule has 1 aromatic carbocycles. The van der Waals surface area contributed by atoms with Gasteiger partial charge in [0, 0.05) is 12.5 Å². The Morgan fingerprint density at radius 3 is 2.68 bits per heavy atom. The average Bonchev–Trinajstić information content (AvgIpc) is 3.04. The van der Waals surface area contributed by atoms with Gasteiger partial charge in [-0.15, -0.1) is 24.8 Å². The Morgan fingerprint density at radius 1 is 1.40 bits per heavy atom. The molecular formula is C16H22Cl2F2N4O. The van der Waals surface area contributed by atoms with Crippen LogP contribution in [0.15, 0.2) is 24.3 Å². The molecule has 1 unspecified atom stereocenters. The smallest absolute Gasteiger partial charge is 0.262 e. The maximum absolute atomic E-state index is 13.2. The van der Waals surface area contributed by atoms with Crippen LogP contribution in [-0.4, -0.2) is 34.0 Å². The number of aromatic nitrogens is 2. The highest BCUT2D eigenvalue weighted by Crippen LogP contribution is 2.25. The summed E-state index contributed by atoms with van der Waals surface area (Å²) in [7, 11) is 0. The molecule has 1 fully saturated rings. The van der Waals surface area contributed by atoms with Crippen LogP contribution in [0.3, 0.4) is 0 Å². The number of amides is 1. The first kappa shape index (κ1) is 21.6. The van der Waals surface area contributed by atoms with E-state index in [9.17, 15) is 13.6 Å². The van der Waals surface area contributed by atoms with Crippen molar-refractivity contribution >= 4 is 41.8 Å². The van der Waals surface area contributed by atoms with Crippen molar-refractivity contribution in [2.45, 2.75) is 44.8 Å². The monoisotopic (exact) mass is 394 g/mol. The third-order valence-corrected chi connectivity index (χ3v) is 4.03. The molecule has 3 rings (SSSR count). The first-order valence-electron chi connectivity index (χ1n) is 7.72. The number of hydrogen-bond acceptors (Lipinski definition) is 3. The first-order valence-corrected chi connectivity index (χ1v) is 7.72. The van der Waals surface area contributed by atoms with E-state index in [1.165, 1.54) is 0 Å². The SMILES string of the molecule is CC(C)n1c(CNC(=O)C2CC(F)(F)CN2)nc2ccccc21.Cl.Cl. The van der Waals surface area contributed by atoms with Crippen LogP contribution in [0, 0.1) is 0 Å². The van der Waals surface area contributed by atoms with E-state index in [1.807, 2.05) is 42.7 Å². The number of imidazole rings is 1. The van der Waals surface area contributed by atoms with Gasteiger partial charge in [-0.3, -0.25) is 10.1 Å². The molecule has 1 saturated heterocycles. The van der Waals surface area contributed by atoms with Gasteiger partial charge in [0.25, 0.3) is 5.92 Å². The number of carbonyl (C=O) groups is 1. The lowest BCUT2D eigenvalue weighted by Crippen LogP contribution is -2.40. The molecule has 25 heavy (non-hydrogen) atoms. The van der Waals surface area contributed by atoms with Gasteiger partial charge in [-0.1, -0.05) is 12.1 Å². The van der Waals surface area contributed by atoms with Gasteiger partial charge in [0.15, 0.2) is 0 Å². The summed E-state index contributed by atoms with van der Waals surface area (Å²) < 4.78 is 28.4. The molecule has 2 N–H and O–H groups in total. The van der Waals surface area contributed by atoms with Gasteiger partial charge < -0.3 is 9.88 Å². The molecule has 0 spiro atoms. The summed E-state index contributed by atoms with van der Waals surface area (Å²) >= 11 is 0. The molecule has 1 amide bonds. The number of halogens is 4. The quantitative estimate of drug-likeness (QED) is 0.837. The topological polar surface area (TPSA) is 59.0 Å². The third-order valence-electron chi connectivity index (χ3n) is 4.03. The molecule has 1 atom stereocenters. The Bertz CT molecular complexity index is 736. The molecule has 1 aliphatic heterocycles. The maximum atomic E-state index is 13.2. The fourth-order valence-corrected chi connectivity index (χ4v) is 2.99. The lowest BCUT2D eigenvalue weighted by molar-refractivity contribution is -0.123. The van der Waals surface area contributed by atoms with Crippen LogP contribution in [0.2, 0.25) is 0 Å². The first-order chi connectivity index (χ1) is 10.9. The predicted molar refractivity (Wildman–Crippen MR) is 97.8 cm³/mol. The van der Waals surface area contributed by atoms with Crippen LogP contribution >= 0.6 is 24.8 Å². The van der Waals surface area contributed by atoms with E-state index >= 15 is 0 Å². The fourth-order valence-electron chi connectivity index (χ4n) is 2.99. The van der Waals surface area contributed by atoms with Gasteiger partial charge in [-0.2, -0.15) is 0 Å². The van der Waals surface area contributed by atoms with Crippen molar-refractivity contribution < 1.29 is 13.6 Å². The summed E-state index contributed by atoms with van der Waals surface area (Å²) in [5.41, 5.74) is 1.85. The van der Waals surface area contributed by atoms with Crippen LogP contribution in [-0.2, 0) is 11.3 Å². The lowest BCUT2D eigenvalue weighted by Gasteiger charge is -2.15. The van der Waals surface area contributed by atoms with Crippen molar-refractivity contribution in [3.8, 4) is 0 Å². The van der Waals surface area contributed by atoms with Crippen molar-refractivity contribution in [1.82, 2.24) is 20.2 Å². The minimum atomic E-state index is -2.81. The van der Waals surface area contributed by atoms with Gasteiger partial charge >= 0.3 is 0 Å². The molecule has 0 bridgehead atoms. The average molecular weight is 395 g/mol. The maximum Gasteiger partial charge on any atom is 0.262 e. The summed E-state index contributed by atoms with van der Waals surface area (Å²) in [6, 6.07) is 7.08. The molecule has 0 saturated carbocycles. The summed E-state index contributed by atoms with van der Waals surface area (Å²) in [6.07, 6.45) is -0.459. The second kappa shape index (κ2) is 8.29. The standard InChI is InChI=1S/C16H20F2N4O.2ClH/c1-10(2)22-13-6-4-3-5-11(13)21-14(22)8-19-15(23)12-7-16(17,18)9-20-12;;/h3-6,10,12,20H,7-9H2,1-2H3,(H,19,23);2*1H. The summed E-state index contributed by atoms with van der Waals surface area (Å²) in [5.74, 6) is -2.50. The number of rotatable bonds is 4. The second-order valence-corrected chi connectivity index (χ2v) is 6.19. The predicted octanol–water partition coefficient (Wildman–Crippen LogP) is 3.07. The Labute approximate surface area is 157 Å². The highest BCUT2D eigenvalue weighted by atomic mass is 35.5. The second-order valence-electron chi connectivity index (χ2n) is 6.19. The summed E-state index contributed by atoms with van der Waals surface area (Å²) in [4.78, 5) is 16.6. The van der Waals surface area contributed by atoms with E-state index in [0.29, 0.717) is 0 Å². The molecule has 1 aliphatic rings. The molecule has 0 aliphatic carbocycles. The van der Waals surface area contributed by atoms with Crippen LogP contribution in [0.4, 0.5) is 8.78 Å². The molecule has 2 aromatic rings. The van der Waals surface area contributed by atoms with E-state index in [4.69, 9.17) is 0 Å². The van der Waals surface area contributed by atoms with Gasteiger partial charge in [-0.05, 0) is 26.0 Å². The van der Waals surface area contributed by atoms with Crippen LogP contribution in [0.1, 0.15) is 32.1 Å². The Kier molecular flexibility index (Phi) is 7.17. The number of benzene rings is 1. The number of alkyl halides is 2. The fraction of sp³-hybridized carbons (Fsp3) is 0.500. The summed E-state index contributed by atoms with van der Waals surface area (Å²) in [5, 5.41) is 5.27. The van der Waals surface area contributed by atoms with Crippen molar-refractivity contribution in [3.05, 3.63) is 30.1 Å². The molecular weight excluding hydrogens is 373 g/mol. The number of hydrogen-bond donors (Lipinski definition) is 2. The highest BCUT2D eigenvalue weighted by Gasteiger charge is 2.42. The van der Waals surface area contributed by atoms with E-state index in [2.05, 4.69) is 15.6 Å². The number of fused-ring (bicyclic) bond motifs is 1. The van der Waals surface area contributed by atoms with Gasteiger partial charge in [0.05, 0.1) is 30.2 Å². The number of nitrogens with zero attached hydrogens (tertiary/aromatic N) is 2. The lowest BCUT2D eigenvalue weighted by atomic mass is 10.2. The Morgan fingerprint density at radius 2 is 2.08 bits per heavy atom. The van der Waals surface area contributed by atoms with Crippen LogP contribution < -0.4 is 10.6 Å². The van der Waals surface area contributed by atoms with Gasteiger partial charge in [0.1, 0.15) is 5.82 Å². The molecule has 5 nitrogen and oxygen atoms in total. The minimum absolute atomic E-state index is 0. The molecule has 140 valence electrons. The van der Waals surface area contributed by atoms with Crippen LogP contribution in [0.5, 0.6) is 0 Å². The molecule has 2 heterocycles. The minimum Gasteiger partial charge on any atom is -0.348 e. The Balaban J connectivity index is 0.00000156. The summed E-state index contributed by atoms with van der Waals surface area (Å²) in [6.45, 7) is 3.85. The van der Waals surface area contributed by atoms with E-state index in [1.54, 1.807) is 0 Å². The van der Waals surface area contributed by atoms with Gasteiger partial charge in [-0.25, -0.2) is 13.8 Å². The van der Waals surface area contributed by atoms with Crippen LogP contribution in [0.25, 0.3) is 11.0 Å². The number of nitrogens with one attached hydrogen (secondary N) is 2. The number of para-hydroxylation sites is 2. The molecule has 0 radical (unpaired) electrons. The number of carbonyl (C=O) groups excluding carboxylic acids is 1.